The minimum atomic E-state index is -0.586. The molecule has 25 heavy (non-hydrogen) atoms. The number of aryl methyl sites for hydroxylation is 4. The quantitative estimate of drug-likeness (QED) is 0.817. The molecule has 0 aromatic heterocycles. The lowest BCUT2D eigenvalue weighted by Crippen LogP contribution is -2.24. The molecule has 2 aromatic carbocycles. The molecular weight excluding hydrogens is 318 g/mol. The molecule has 0 bridgehead atoms. The summed E-state index contributed by atoms with van der Waals surface area (Å²) in [6, 6.07) is 11.5. The number of rotatable bonds is 6. The Morgan fingerprint density at radius 2 is 1.56 bits per heavy atom. The maximum Gasteiger partial charge on any atom is 0.344 e. The van der Waals surface area contributed by atoms with Crippen LogP contribution in [0.4, 0.5) is 5.69 Å². The number of nitrogens with one attached hydrogen (secondary N) is 1. The van der Waals surface area contributed by atoms with Gasteiger partial charge in [-0.15, -0.1) is 0 Å². The van der Waals surface area contributed by atoms with Crippen LogP contribution in [0.25, 0.3) is 0 Å². The zero-order valence-electron chi connectivity index (χ0n) is 15.0. The number of hydrogen-bond donors (Lipinski definition) is 1. The van der Waals surface area contributed by atoms with E-state index in [0.29, 0.717) is 11.4 Å². The molecule has 2 rings (SSSR count). The van der Waals surface area contributed by atoms with Crippen molar-refractivity contribution in [3.63, 3.8) is 0 Å². The topological polar surface area (TPSA) is 64.6 Å². The van der Waals surface area contributed by atoms with E-state index in [1.165, 1.54) is 0 Å². The lowest BCUT2D eigenvalue weighted by Gasteiger charge is -2.11. The summed E-state index contributed by atoms with van der Waals surface area (Å²) in [6.45, 7) is 7.16. The smallest absolute Gasteiger partial charge is 0.344 e. The Morgan fingerprint density at radius 1 is 0.880 bits per heavy atom. The van der Waals surface area contributed by atoms with Crippen molar-refractivity contribution < 1.29 is 19.1 Å². The summed E-state index contributed by atoms with van der Waals surface area (Å²) in [6.07, 6.45) is 0. The Balaban J connectivity index is 1.79. The second-order valence-corrected chi connectivity index (χ2v) is 6.08. The second kappa shape index (κ2) is 8.33. The first-order chi connectivity index (χ1) is 11.8. The van der Waals surface area contributed by atoms with E-state index in [1.807, 2.05) is 64.1 Å². The van der Waals surface area contributed by atoms with Crippen LogP contribution in [0.1, 0.15) is 22.3 Å². The maximum absolute atomic E-state index is 11.9. The van der Waals surface area contributed by atoms with Gasteiger partial charge < -0.3 is 14.8 Å². The first-order valence-corrected chi connectivity index (χ1v) is 8.08. The van der Waals surface area contributed by atoms with E-state index in [4.69, 9.17) is 9.47 Å². The molecule has 0 saturated carbocycles. The lowest BCUT2D eigenvalue weighted by molar-refractivity contribution is -0.149. The third kappa shape index (κ3) is 5.64. The number of carbonyl (C=O) groups is 2. The van der Waals surface area contributed by atoms with Gasteiger partial charge in [-0.25, -0.2) is 4.79 Å². The molecule has 5 heteroatoms. The average Bonchev–Trinajstić information content (AvgIpc) is 2.56. The molecule has 0 aliphatic rings. The highest BCUT2D eigenvalue weighted by atomic mass is 16.6. The molecule has 132 valence electrons. The average molecular weight is 341 g/mol. The fraction of sp³-hybridized carbons (Fsp3) is 0.300. The third-order valence-corrected chi connectivity index (χ3v) is 3.71. The predicted molar refractivity (Wildman–Crippen MR) is 96.9 cm³/mol. The third-order valence-electron chi connectivity index (χ3n) is 3.71. The standard InChI is InChI=1S/C20H23NO4/c1-13-6-8-17(16(4)9-13)21-19(22)11-25-20(23)12-24-18-10-14(2)5-7-15(18)3/h5-10H,11-12H2,1-4H3,(H,21,22). The molecule has 0 saturated heterocycles. The molecule has 1 amide bonds. The first kappa shape index (κ1) is 18.5. The van der Waals surface area contributed by atoms with Gasteiger partial charge in [0.05, 0.1) is 0 Å². The molecule has 2 aromatic rings. The number of hydrogen-bond acceptors (Lipinski definition) is 4. The maximum atomic E-state index is 11.9. The van der Waals surface area contributed by atoms with Gasteiger partial charge in [0.1, 0.15) is 5.75 Å². The normalized spacial score (nSPS) is 10.2. The summed E-state index contributed by atoms with van der Waals surface area (Å²) in [5.74, 6) is -0.333. The molecule has 0 radical (unpaired) electrons. The Labute approximate surface area is 148 Å². The van der Waals surface area contributed by atoms with E-state index < -0.39 is 5.97 Å². The summed E-state index contributed by atoms with van der Waals surface area (Å²) >= 11 is 0. The second-order valence-electron chi connectivity index (χ2n) is 6.08. The molecule has 5 nitrogen and oxygen atoms in total. The summed E-state index contributed by atoms with van der Waals surface area (Å²) in [7, 11) is 0. The van der Waals surface area contributed by atoms with Crippen LogP contribution in [0.15, 0.2) is 36.4 Å². The molecule has 0 aliphatic heterocycles. The van der Waals surface area contributed by atoms with Crippen LogP contribution in [0.5, 0.6) is 5.75 Å². The van der Waals surface area contributed by atoms with Crippen LogP contribution < -0.4 is 10.1 Å². The minimum Gasteiger partial charge on any atom is -0.482 e. The summed E-state index contributed by atoms with van der Waals surface area (Å²) in [5.41, 5.74) is 4.76. The van der Waals surface area contributed by atoms with Crippen molar-refractivity contribution in [2.45, 2.75) is 27.7 Å². The fourth-order valence-corrected chi connectivity index (χ4v) is 2.33. The Bertz CT molecular complexity index is 783. The van der Waals surface area contributed by atoms with Crippen molar-refractivity contribution in [2.75, 3.05) is 18.5 Å². The van der Waals surface area contributed by atoms with E-state index >= 15 is 0 Å². The van der Waals surface area contributed by atoms with E-state index in [0.717, 1.165) is 22.3 Å². The number of esters is 1. The Morgan fingerprint density at radius 3 is 2.28 bits per heavy atom. The van der Waals surface area contributed by atoms with Crippen LogP contribution in [-0.4, -0.2) is 25.1 Å². The largest absolute Gasteiger partial charge is 0.482 e. The van der Waals surface area contributed by atoms with Gasteiger partial charge in [-0.3, -0.25) is 4.79 Å². The predicted octanol–water partition coefficient (Wildman–Crippen LogP) is 3.48. The Hall–Kier alpha value is -2.82. The number of benzene rings is 2. The van der Waals surface area contributed by atoms with Gasteiger partial charge in [-0.2, -0.15) is 0 Å². The lowest BCUT2D eigenvalue weighted by atomic mass is 10.1. The first-order valence-electron chi connectivity index (χ1n) is 8.08. The minimum absolute atomic E-state index is 0.235. The fourth-order valence-electron chi connectivity index (χ4n) is 2.33. The molecule has 0 heterocycles. The van der Waals surface area contributed by atoms with Crippen molar-refractivity contribution >= 4 is 17.6 Å². The molecule has 0 fully saturated rings. The zero-order chi connectivity index (χ0) is 18.4. The van der Waals surface area contributed by atoms with Crippen molar-refractivity contribution in [1.82, 2.24) is 0 Å². The van der Waals surface area contributed by atoms with Crippen LogP contribution in [0.3, 0.4) is 0 Å². The van der Waals surface area contributed by atoms with Gasteiger partial charge >= 0.3 is 5.97 Å². The monoisotopic (exact) mass is 341 g/mol. The van der Waals surface area contributed by atoms with Crippen molar-refractivity contribution in [3.8, 4) is 5.75 Å². The van der Waals surface area contributed by atoms with Gasteiger partial charge in [0.2, 0.25) is 0 Å². The number of anilines is 1. The molecule has 0 spiro atoms. The molecule has 1 N–H and O–H groups in total. The number of carbonyl (C=O) groups excluding carboxylic acids is 2. The SMILES string of the molecule is Cc1ccc(NC(=O)COC(=O)COc2cc(C)ccc2C)c(C)c1. The molecule has 0 atom stereocenters. The van der Waals surface area contributed by atoms with Crippen LogP contribution in [-0.2, 0) is 14.3 Å². The van der Waals surface area contributed by atoms with Crippen molar-refractivity contribution in [1.29, 1.82) is 0 Å². The molecule has 0 aliphatic carbocycles. The Kier molecular flexibility index (Phi) is 6.17. The van der Waals surface area contributed by atoms with Gasteiger partial charge in [-0.05, 0) is 56.5 Å². The number of ether oxygens (including phenoxy) is 2. The van der Waals surface area contributed by atoms with Gasteiger partial charge in [0.15, 0.2) is 13.2 Å². The summed E-state index contributed by atoms with van der Waals surface area (Å²) < 4.78 is 10.4. The number of amides is 1. The van der Waals surface area contributed by atoms with E-state index in [-0.39, 0.29) is 19.1 Å². The highest BCUT2D eigenvalue weighted by Crippen LogP contribution is 2.19. The van der Waals surface area contributed by atoms with Crippen LogP contribution >= 0.6 is 0 Å². The van der Waals surface area contributed by atoms with Gasteiger partial charge in [-0.1, -0.05) is 29.8 Å². The van der Waals surface area contributed by atoms with E-state index in [9.17, 15) is 9.59 Å². The van der Waals surface area contributed by atoms with E-state index in [1.54, 1.807) is 0 Å². The molecular formula is C20H23NO4. The van der Waals surface area contributed by atoms with Gasteiger partial charge in [0.25, 0.3) is 5.91 Å². The van der Waals surface area contributed by atoms with Crippen molar-refractivity contribution in [3.05, 3.63) is 58.7 Å². The highest BCUT2D eigenvalue weighted by Gasteiger charge is 2.10. The van der Waals surface area contributed by atoms with E-state index in [2.05, 4.69) is 5.32 Å². The van der Waals surface area contributed by atoms with Gasteiger partial charge in [0, 0.05) is 5.69 Å². The van der Waals surface area contributed by atoms with Crippen LogP contribution in [0.2, 0.25) is 0 Å². The molecule has 0 unspecified atom stereocenters. The summed E-state index contributed by atoms with van der Waals surface area (Å²) in [5, 5.41) is 2.73. The zero-order valence-corrected chi connectivity index (χ0v) is 15.0. The van der Waals surface area contributed by atoms with Crippen molar-refractivity contribution in [2.24, 2.45) is 0 Å². The summed E-state index contributed by atoms with van der Waals surface area (Å²) in [4.78, 5) is 23.7. The van der Waals surface area contributed by atoms with Crippen LogP contribution in [0, 0.1) is 27.7 Å². The highest BCUT2D eigenvalue weighted by molar-refractivity contribution is 5.93.